The van der Waals surface area contributed by atoms with Crippen molar-refractivity contribution in [3.05, 3.63) is 24.3 Å². The predicted octanol–water partition coefficient (Wildman–Crippen LogP) is 6.53. The molecule has 0 aromatic rings. The minimum atomic E-state index is 0.446. The van der Waals surface area contributed by atoms with E-state index >= 15 is 0 Å². The summed E-state index contributed by atoms with van der Waals surface area (Å²) in [5.74, 6) is 2.87. The molecule has 0 amide bonds. The van der Waals surface area contributed by atoms with Crippen LogP contribution in [0.1, 0.15) is 78.6 Å². The van der Waals surface area contributed by atoms with Crippen LogP contribution in [0.3, 0.4) is 0 Å². The zero-order valence-corrected chi connectivity index (χ0v) is 15.0. The average Bonchev–Trinajstić information content (AvgIpc) is 2.84. The van der Waals surface area contributed by atoms with Crippen LogP contribution >= 0.6 is 0 Å². The van der Waals surface area contributed by atoms with Gasteiger partial charge in [-0.2, -0.15) is 0 Å². The number of rotatable bonds is 1. The SMILES string of the molecule is C=CC1=CCC2C3CCC4(C)CCCCC4(C)C3CCC12C. The molecular formula is C22H34. The van der Waals surface area contributed by atoms with Gasteiger partial charge in [0, 0.05) is 0 Å². The second kappa shape index (κ2) is 4.74. The van der Waals surface area contributed by atoms with Crippen LogP contribution in [0.4, 0.5) is 0 Å². The Balaban J connectivity index is 1.68. The van der Waals surface area contributed by atoms with Gasteiger partial charge in [-0.05, 0) is 84.5 Å². The normalized spacial score (nSPS) is 54.0. The third kappa shape index (κ3) is 1.70. The first-order chi connectivity index (χ1) is 10.4. The van der Waals surface area contributed by atoms with E-state index in [1.807, 2.05) is 0 Å². The summed E-state index contributed by atoms with van der Waals surface area (Å²) in [6.07, 6.45) is 17.8. The van der Waals surface area contributed by atoms with E-state index in [0.29, 0.717) is 16.2 Å². The second-order valence-corrected chi connectivity index (χ2v) is 9.66. The zero-order chi connectivity index (χ0) is 15.6. The number of hydrogen-bond acceptors (Lipinski definition) is 0. The molecule has 0 N–H and O–H groups in total. The van der Waals surface area contributed by atoms with Gasteiger partial charge in [0.25, 0.3) is 0 Å². The van der Waals surface area contributed by atoms with Crippen LogP contribution in [0.5, 0.6) is 0 Å². The summed E-state index contributed by atoms with van der Waals surface area (Å²) in [5, 5.41) is 0. The Kier molecular flexibility index (Phi) is 3.24. The quantitative estimate of drug-likeness (QED) is 0.516. The molecule has 122 valence electrons. The molecule has 4 aliphatic rings. The fourth-order valence-electron chi connectivity index (χ4n) is 7.52. The maximum absolute atomic E-state index is 4.10. The number of fused-ring (bicyclic) bond motifs is 5. The first-order valence-electron chi connectivity index (χ1n) is 9.78. The van der Waals surface area contributed by atoms with Crippen molar-refractivity contribution < 1.29 is 0 Å². The molecule has 0 bridgehead atoms. The lowest BCUT2D eigenvalue weighted by molar-refractivity contribution is -0.144. The van der Waals surface area contributed by atoms with E-state index in [-0.39, 0.29) is 0 Å². The minimum Gasteiger partial charge on any atom is -0.0988 e. The zero-order valence-electron chi connectivity index (χ0n) is 15.0. The Morgan fingerprint density at radius 3 is 2.55 bits per heavy atom. The molecule has 0 saturated heterocycles. The van der Waals surface area contributed by atoms with Crippen molar-refractivity contribution in [2.24, 2.45) is 34.0 Å². The van der Waals surface area contributed by atoms with E-state index in [1.165, 1.54) is 57.8 Å². The summed E-state index contributed by atoms with van der Waals surface area (Å²) in [7, 11) is 0. The van der Waals surface area contributed by atoms with Crippen LogP contribution < -0.4 is 0 Å². The first kappa shape index (κ1) is 15.0. The van der Waals surface area contributed by atoms with Gasteiger partial charge in [-0.25, -0.2) is 0 Å². The summed E-state index contributed by atoms with van der Waals surface area (Å²) < 4.78 is 0. The van der Waals surface area contributed by atoms with Gasteiger partial charge < -0.3 is 0 Å². The smallest absolute Gasteiger partial charge is 0.00446 e. The summed E-state index contributed by atoms with van der Waals surface area (Å²) in [6.45, 7) is 12.0. The van der Waals surface area contributed by atoms with Crippen LogP contribution in [0.2, 0.25) is 0 Å². The molecule has 3 saturated carbocycles. The Morgan fingerprint density at radius 2 is 1.77 bits per heavy atom. The largest absolute Gasteiger partial charge is 0.0988 e. The summed E-state index contributed by atoms with van der Waals surface area (Å²) in [5.41, 5.74) is 3.26. The molecule has 4 rings (SSSR count). The highest BCUT2D eigenvalue weighted by molar-refractivity contribution is 5.33. The van der Waals surface area contributed by atoms with Crippen molar-refractivity contribution in [2.75, 3.05) is 0 Å². The van der Waals surface area contributed by atoms with E-state index in [1.54, 1.807) is 5.57 Å². The van der Waals surface area contributed by atoms with Crippen LogP contribution in [0, 0.1) is 34.0 Å². The molecule has 0 heterocycles. The van der Waals surface area contributed by atoms with Gasteiger partial charge in [0.1, 0.15) is 0 Å². The molecule has 0 aromatic heterocycles. The van der Waals surface area contributed by atoms with Crippen molar-refractivity contribution in [2.45, 2.75) is 78.6 Å². The molecule has 22 heavy (non-hydrogen) atoms. The van der Waals surface area contributed by atoms with Crippen LogP contribution in [-0.4, -0.2) is 0 Å². The highest BCUT2D eigenvalue weighted by Gasteiger charge is 2.60. The highest BCUT2D eigenvalue weighted by Crippen LogP contribution is 2.69. The summed E-state index contributed by atoms with van der Waals surface area (Å²) in [6, 6.07) is 0. The Morgan fingerprint density at radius 1 is 1.00 bits per heavy atom. The topological polar surface area (TPSA) is 0 Å². The van der Waals surface area contributed by atoms with Crippen molar-refractivity contribution in [1.82, 2.24) is 0 Å². The molecular weight excluding hydrogens is 264 g/mol. The van der Waals surface area contributed by atoms with Gasteiger partial charge in [0.05, 0.1) is 0 Å². The molecule has 4 aliphatic carbocycles. The second-order valence-electron chi connectivity index (χ2n) is 9.66. The lowest BCUT2D eigenvalue weighted by Gasteiger charge is -2.64. The summed E-state index contributed by atoms with van der Waals surface area (Å²) >= 11 is 0. The van der Waals surface area contributed by atoms with Gasteiger partial charge in [0.15, 0.2) is 0 Å². The molecule has 3 fully saturated rings. The van der Waals surface area contributed by atoms with Crippen LogP contribution in [-0.2, 0) is 0 Å². The fourth-order valence-corrected chi connectivity index (χ4v) is 7.52. The van der Waals surface area contributed by atoms with E-state index in [2.05, 4.69) is 39.5 Å². The molecule has 6 atom stereocenters. The monoisotopic (exact) mass is 298 g/mol. The van der Waals surface area contributed by atoms with Crippen molar-refractivity contribution in [3.8, 4) is 0 Å². The Bertz CT molecular complexity index is 514. The van der Waals surface area contributed by atoms with Gasteiger partial charge in [-0.1, -0.05) is 52.3 Å². The Labute approximate surface area is 137 Å². The summed E-state index contributed by atoms with van der Waals surface area (Å²) in [4.78, 5) is 0. The molecule has 0 aromatic carbocycles. The van der Waals surface area contributed by atoms with E-state index < -0.39 is 0 Å². The number of allylic oxidation sites excluding steroid dienone is 3. The van der Waals surface area contributed by atoms with Crippen molar-refractivity contribution in [3.63, 3.8) is 0 Å². The fraction of sp³-hybridized carbons (Fsp3) is 0.818. The van der Waals surface area contributed by atoms with Crippen LogP contribution in [0.15, 0.2) is 24.3 Å². The van der Waals surface area contributed by atoms with Gasteiger partial charge in [-0.3, -0.25) is 0 Å². The molecule has 0 radical (unpaired) electrons. The van der Waals surface area contributed by atoms with Gasteiger partial charge >= 0.3 is 0 Å². The van der Waals surface area contributed by atoms with Gasteiger partial charge in [-0.15, -0.1) is 0 Å². The standard InChI is InChI=1S/C22H34/c1-5-16-8-9-18-17-10-14-20(2)12-6-7-13-22(20,4)19(17)11-15-21(16,18)3/h5,8,17-19H,1,6-7,9-15H2,2-4H3. The molecule has 0 nitrogen and oxygen atoms in total. The van der Waals surface area contributed by atoms with E-state index in [9.17, 15) is 0 Å². The minimum absolute atomic E-state index is 0.446. The Hall–Kier alpha value is -0.520. The van der Waals surface area contributed by atoms with Crippen LogP contribution in [0.25, 0.3) is 0 Å². The molecule has 0 heteroatoms. The molecule has 0 spiro atoms. The average molecular weight is 299 g/mol. The lowest BCUT2D eigenvalue weighted by Crippen LogP contribution is -2.56. The molecule has 0 aliphatic heterocycles. The maximum atomic E-state index is 4.10. The predicted molar refractivity (Wildman–Crippen MR) is 94.6 cm³/mol. The first-order valence-corrected chi connectivity index (χ1v) is 9.78. The third-order valence-electron chi connectivity index (χ3n) is 9.20. The van der Waals surface area contributed by atoms with Crippen molar-refractivity contribution >= 4 is 0 Å². The lowest BCUT2D eigenvalue weighted by atomic mass is 9.40. The van der Waals surface area contributed by atoms with Gasteiger partial charge in [0.2, 0.25) is 0 Å². The maximum Gasteiger partial charge on any atom is -0.00446 e. The molecule has 6 unspecified atom stereocenters. The van der Waals surface area contributed by atoms with Crippen molar-refractivity contribution in [1.29, 1.82) is 0 Å². The van der Waals surface area contributed by atoms with E-state index in [0.717, 1.165) is 17.8 Å². The highest BCUT2D eigenvalue weighted by atomic mass is 14.6. The van der Waals surface area contributed by atoms with E-state index in [4.69, 9.17) is 0 Å². The number of hydrogen-bond donors (Lipinski definition) is 0. The third-order valence-corrected chi connectivity index (χ3v) is 9.20.